The molecule has 0 saturated carbocycles. The first-order valence-corrected chi connectivity index (χ1v) is 8.48. The van der Waals surface area contributed by atoms with E-state index in [4.69, 9.17) is 4.74 Å². The number of carbonyl (C=O) groups is 1. The van der Waals surface area contributed by atoms with Crippen molar-refractivity contribution in [3.8, 4) is 5.75 Å². The van der Waals surface area contributed by atoms with Crippen molar-refractivity contribution in [2.45, 2.75) is 31.4 Å². The average Bonchev–Trinajstić information content (AvgIpc) is 3.11. The summed E-state index contributed by atoms with van der Waals surface area (Å²) in [6, 6.07) is 12.9. The highest BCUT2D eigenvalue weighted by molar-refractivity contribution is 5.90. The lowest BCUT2D eigenvalue weighted by Gasteiger charge is -2.27. The Bertz CT molecular complexity index is 708. The maximum Gasteiger partial charge on any atom is 0.323 e. The molecule has 2 N–H and O–H groups in total. The van der Waals surface area contributed by atoms with Crippen molar-refractivity contribution < 1.29 is 14.6 Å². The molecule has 1 aromatic heterocycles. The molecule has 6 nitrogen and oxygen atoms in total. The van der Waals surface area contributed by atoms with Crippen molar-refractivity contribution in [1.82, 2.24) is 9.88 Å². The van der Waals surface area contributed by atoms with Gasteiger partial charge in [-0.2, -0.15) is 0 Å². The van der Waals surface area contributed by atoms with Gasteiger partial charge in [0.2, 0.25) is 0 Å². The van der Waals surface area contributed by atoms with E-state index in [9.17, 15) is 9.90 Å². The van der Waals surface area contributed by atoms with E-state index >= 15 is 0 Å². The Morgan fingerprint density at radius 2 is 2.16 bits per heavy atom. The topological polar surface area (TPSA) is 74.7 Å². The number of nitrogens with one attached hydrogen (secondary N) is 1. The number of methoxy groups -OCH3 is 1. The van der Waals surface area contributed by atoms with Crippen molar-refractivity contribution >= 4 is 11.8 Å². The number of anilines is 1. The SMILES string of the molecule is COc1cccnc1NC(=O)N1CCC[C@@H]1C[C@H](O)c1ccccc1. The highest BCUT2D eigenvalue weighted by atomic mass is 16.5. The van der Waals surface area contributed by atoms with Crippen LogP contribution < -0.4 is 10.1 Å². The van der Waals surface area contributed by atoms with E-state index in [1.54, 1.807) is 30.3 Å². The first-order chi connectivity index (χ1) is 12.2. The lowest BCUT2D eigenvalue weighted by molar-refractivity contribution is 0.129. The van der Waals surface area contributed by atoms with E-state index in [-0.39, 0.29) is 12.1 Å². The van der Waals surface area contributed by atoms with Crippen LogP contribution in [0.4, 0.5) is 10.6 Å². The monoisotopic (exact) mass is 341 g/mol. The summed E-state index contributed by atoms with van der Waals surface area (Å²) in [5.74, 6) is 0.931. The molecule has 6 heteroatoms. The molecule has 2 aromatic rings. The predicted octanol–water partition coefficient (Wildman–Crippen LogP) is 3.21. The van der Waals surface area contributed by atoms with E-state index in [1.807, 2.05) is 30.3 Å². The molecular weight excluding hydrogens is 318 g/mol. The number of hydrogen-bond acceptors (Lipinski definition) is 4. The van der Waals surface area contributed by atoms with Crippen molar-refractivity contribution in [2.75, 3.05) is 19.0 Å². The molecule has 1 aliphatic heterocycles. The van der Waals surface area contributed by atoms with Crippen LogP contribution in [0.1, 0.15) is 30.9 Å². The maximum absolute atomic E-state index is 12.6. The van der Waals surface area contributed by atoms with E-state index in [1.165, 1.54) is 0 Å². The maximum atomic E-state index is 12.6. The lowest BCUT2D eigenvalue weighted by atomic mass is 10.0. The van der Waals surface area contributed by atoms with Crippen molar-refractivity contribution in [3.05, 3.63) is 54.2 Å². The van der Waals surface area contributed by atoms with Crippen LogP contribution in [0.25, 0.3) is 0 Å². The van der Waals surface area contributed by atoms with Crippen molar-refractivity contribution in [1.29, 1.82) is 0 Å². The normalized spacial score (nSPS) is 18.0. The number of benzene rings is 1. The van der Waals surface area contributed by atoms with E-state index in [2.05, 4.69) is 10.3 Å². The summed E-state index contributed by atoms with van der Waals surface area (Å²) in [6.45, 7) is 0.674. The predicted molar refractivity (Wildman–Crippen MR) is 95.6 cm³/mol. The van der Waals surface area contributed by atoms with Crippen LogP contribution in [0.15, 0.2) is 48.7 Å². The van der Waals surface area contributed by atoms with Crippen LogP contribution in [0, 0.1) is 0 Å². The number of pyridine rings is 1. The number of amides is 2. The number of aromatic nitrogens is 1. The largest absolute Gasteiger partial charge is 0.493 e. The van der Waals surface area contributed by atoms with Gasteiger partial charge in [-0.15, -0.1) is 0 Å². The first-order valence-electron chi connectivity index (χ1n) is 8.48. The second-order valence-corrected chi connectivity index (χ2v) is 6.14. The van der Waals surface area contributed by atoms with Gasteiger partial charge in [0.25, 0.3) is 0 Å². The second-order valence-electron chi connectivity index (χ2n) is 6.14. The Balaban J connectivity index is 1.65. The van der Waals surface area contributed by atoms with E-state index < -0.39 is 6.10 Å². The Hall–Kier alpha value is -2.60. The zero-order valence-corrected chi connectivity index (χ0v) is 14.3. The fourth-order valence-electron chi connectivity index (χ4n) is 3.24. The standard InChI is InChI=1S/C19H23N3O3/c1-25-17-10-5-11-20-18(17)21-19(24)22-12-6-9-15(22)13-16(23)14-7-3-2-4-8-14/h2-5,7-8,10-11,15-16,23H,6,9,12-13H2,1H3,(H,20,21,24)/t15-,16+/m1/s1. The van der Waals surface area contributed by atoms with E-state index in [0.717, 1.165) is 18.4 Å². The number of likely N-dealkylation sites (tertiary alicyclic amines) is 1. The number of hydrogen-bond donors (Lipinski definition) is 2. The summed E-state index contributed by atoms with van der Waals surface area (Å²) in [7, 11) is 1.54. The highest BCUT2D eigenvalue weighted by Gasteiger charge is 2.31. The van der Waals surface area contributed by atoms with Gasteiger partial charge in [-0.1, -0.05) is 30.3 Å². The van der Waals surface area contributed by atoms with E-state index in [0.29, 0.717) is 24.5 Å². The minimum atomic E-state index is -0.580. The molecule has 0 spiro atoms. The van der Waals surface area contributed by atoms with Crippen LogP contribution in [-0.2, 0) is 0 Å². The van der Waals surface area contributed by atoms with Gasteiger partial charge in [0.1, 0.15) is 0 Å². The smallest absolute Gasteiger partial charge is 0.323 e. The summed E-state index contributed by atoms with van der Waals surface area (Å²) in [5, 5.41) is 13.3. The molecule has 3 rings (SSSR count). The van der Waals surface area contributed by atoms with Crippen LogP contribution in [-0.4, -0.2) is 40.7 Å². The summed E-state index contributed by atoms with van der Waals surface area (Å²) in [6.07, 6.45) is 3.37. The van der Waals surface area contributed by atoms with Crippen LogP contribution >= 0.6 is 0 Å². The molecule has 2 atom stereocenters. The quantitative estimate of drug-likeness (QED) is 0.876. The second kappa shape index (κ2) is 7.98. The molecule has 1 aromatic carbocycles. The van der Waals surface area contributed by atoms with Gasteiger partial charge < -0.3 is 14.7 Å². The number of carbonyl (C=O) groups excluding carboxylic acids is 1. The Morgan fingerprint density at radius 1 is 1.36 bits per heavy atom. The van der Waals surface area contributed by atoms with Gasteiger partial charge in [0.05, 0.1) is 13.2 Å². The number of aliphatic hydroxyl groups is 1. The van der Waals surface area contributed by atoms with Gasteiger partial charge in [-0.3, -0.25) is 5.32 Å². The minimum Gasteiger partial charge on any atom is -0.493 e. The third-order valence-corrected chi connectivity index (χ3v) is 4.53. The molecule has 25 heavy (non-hydrogen) atoms. The van der Waals surface area contributed by atoms with Crippen molar-refractivity contribution in [2.24, 2.45) is 0 Å². The Kier molecular flexibility index (Phi) is 5.50. The molecule has 2 amide bonds. The summed E-state index contributed by atoms with van der Waals surface area (Å²) >= 11 is 0. The summed E-state index contributed by atoms with van der Waals surface area (Å²) < 4.78 is 5.22. The Morgan fingerprint density at radius 3 is 2.92 bits per heavy atom. The van der Waals surface area contributed by atoms with Crippen molar-refractivity contribution in [3.63, 3.8) is 0 Å². The molecule has 1 fully saturated rings. The highest BCUT2D eigenvalue weighted by Crippen LogP contribution is 2.28. The molecule has 132 valence electrons. The zero-order valence-electron chi connectivity index (χ0n) is 14.3. The van der Waals surface area contributed by atoms with Gasteiger partial charge >= 0.3 is 6.03 Å². The number of rotatable bonds is 5. The molecule has 2 heterocycles. The zero-order chi connectivity index (χ0) is 17.6. The molecule has 0 radical (unpaired) electrons. The van der Waals surface area contributed by atoms with Crippen LogP contribution in [0.2, 0.25) is 0 Å². The van der Waals surface area contributed by atoms with Gasteiger partial charge in [-0.05, 0) is 37.0 Å². The van der Waals surface area contributed by atoms with Gasteiger partial charge in [-0.25, -0.2) is 9.78 Å². The number of nitrogens with zero attached hydrogens (tertiary/aromatic N) is 2. The minimum absolute atomic E-state index is 0.00455. The summed E-state index contributed by atoms with van der Waals surface area (Å²) in [5.41, 5.74) is 0.876. The fourth-order valence-corrected chi connectivity index (χ4v) is 3.24. The number of urea groups is 1. The molecule has 0 unspecified atom stereocenters. The average molecular weight is 341 g/mol. The number of ether oxygens (including phenoxy) is 1. The molecule has 1 saturated heterocycles. The van der Waals surface area contributed by atoms with Crippen LogP contribution in [0.3, 0.4) is 0 Å². The Labute approximate surface area is 147 Å². The third kappa shape index (κ3) is 4.09. The molecule has 1 aliphatic rings. The lowest BCUT2D eigenvalue weighted by Crippen LogP contribution is -2.39. The molecule has 0 bridgehead atoms. The molecular formula is C19H23N3O3. The van der Waals surface area contributed by atoms with Gasteiger partial charge in [0, 0.05) is 18.8 Å². The first kappa shape index (κ1) is 17.2. The fraction of sp³-hybridized carbons (Fsp3) is 0.368. The third-order valence-electron chi connectivity index (χ3n) is 4.53. The number of aliphatic hydroxyl groups excluding tert-OH is 1. The van der Waals surface area contributed by atoms with Gasteiger partial charge in [0.15, 0.2) is 11.6 Å². The van der Waals surface area contributed by atoms with Crippen LogP contribution in [0.5, 0.6) is 5.75 Å². The summed E-state index contributed by atoms with van der Waals surface area (Å²) in [4.78, 5) is 18.6. The molecule has 0 aliphatic carbocycles.